The van der Waals surface area contributed by atoms with Gasteiger partial charge in [0.15, 0.2) is 6.29 Å². The maximum absolute atomic E-state index is 10.3. The highest BCUT2D eigenvalue weighted by molar-refractivity contribution is 5.85. The molecule has 0 aromatic carbocycles. The van der Waals surface area contributed by atoms with Crippen molar-refractivity contribution < 1.29 is 9.90 Å². The van der Waals surface area contributed by atoms with Gasteiger partial charge in [-0.15, -0.1) is 0 Å². The van der Waals surface area contributed by atoms with Crippen molar-refractivity contribution in [2.24, 2.45) is 0 Å². The summed E-state index contributed by atoms with van der Waals surface area (Å²) < 4.78 is 0. The van der Waals surface area contributed by atoms with E-state index in [9.17, 15) is 4.79 Å². The second kappa shape index (κ2) is 2.52. The molecule has 1 aliphatic carbocycles. The zero-order valence-corrected chi connectivity index (χ0v) is 5.66. The van der Waals surface area contributed by atoms with Gasteiger partial charge in [-0.2, -0.15) is 0 Å². The number of aliphatic hydroxyl groups is 1. The molecule has 1 N–H and O–H groups in total. The van der Waals surface area contributed by atoms with Gasteiger partial charge >= 0.3 is 0 Å². The highest BCUT2D eigenvalue weighted by Gasteiger charge is 2.09. The summed E-state index contributed by atoms with van der Waals surface area (Å²) in [5.41, 5.74) is 2.06. The number of hydrogen-bond donors (Lipinski definition) is 1. The predicted octanol–water partition coefficient (Wildman–Crippen LogP) is 1.51. The number of aldehydes is 1. The number of hydrogen-bond acceptors (Lipinski definition) is 2. The Morgan fingerprint density at radius 1 is 1.50 bits per heavy atom. The van der Waals surface area contributed by atoms with E-state index in [-0.39, 0.29) is 0 Å². The van der Waals surface area contributed by atoms with E-state index < -0.39 is 0 Å². The van der Waals surface area contributed by atoms with Gasteiger partial charge in [0.1, 0.15) is 0 Å². The number of rotatable bonds is 1. The van der Waals surface area contributed by atoms with Crippen LogP contribution in [-0.4, -0.2) is 11.4 Å². The van der Waals surface area contributed by atoms with Crippen LogP contribution >= 0.6 is 0 Å². The molecule has 1 aliphatic rings. The third-order valence-electron chi connectivity index (χ3n) is 1.51. The first-order valence-corrected chi connectivity index (χ1v) is 2.98. The molecule has 0 radical (unpaired) electrons. The van der Waals surface area contributed by atoms with Gasteiger partial charge in [0.05, 0.1) is 6.26 Å². The molecular formula is C8H8O2. The van der Waals surface area contributed by atoms with Gasteiger partial charge < -0.3 is 5.11 Å². The molecule has 1 rings (SSSR count). The zero-order chi connectivity index (χ0) is 7.56. The number of allylic oxidation sites excluding steroid dienone is 5. The first-order valence-electron chi connectivity index (χ1n) is 2.98. The van der Waals surface area contributed by atoms with Crippen molar-refractivity contribution in [3.63, 3.8) is 0 Å². The second-order valence-corrected chi connectivity index (χ2v) is 2.13. The van der Waals surface area contributed by atoms with Crippen molar-refractivity contribution >= 4 is 6.29 Å². The Bertz CT molecular complexity index is 244. The van der Waals surface area contributed by atoms with Gasteiger partial charge in [0.2, 0.25) is 0 Å². The van der Waals surface area contributed by atoms with Gasteiger partial charge in [-0.25, -0.2) is 0 Å². The van der Waals surface area contributed by atoms with E-state index in [0.717, 1.165) is 18.1 Å². The zero-order valence-electron chi connectivity index (χ0n) is 5.66. The molecule has 2 nitrogen and oxygen atoms in total. The molecule has 0 bridgehead atoms. The second-order valence-electron chi connectivity index (χ2n) is 2.13. The highest BCUT2D eigenvalue weighted by Crippen LogP contribution is 2.21. The Labute approximate surface area is 59.2 Å². The molecule has 0 spiro atoms. The van der Waals surface area contributed by atoms with Gasteiger partial charge in [0, 0.05) is 11.1 Å². The molecule has 0 atom stereocenters. The molecule has 0 fully saturated rings. The van der Waals surface area contributed by atoms with Crippen LogP contribution in [0.25, 0.3) is 0 Å². The van der Waals surface area contributed by atoms with Crippen molar-refractivity contribution in [1.82, 2.24) is 0 Å². The minimum absolute atomic E-state index is 0.572. The Hall–Kier alpha value is -1.31. The maximum atomic E-state index is 10.3. The Morgan fingerprint density at radius 3 is 2.60 bits per heavy atom. The van der Waals surface area contributed by atoms with E-state index >= 15 is 0 Å². The summed E-state index contributed by atoms with van der Waals surface area (Å²) >= 11 is 0. The molecule has 2 heteroatoms. The minimum atomic E-state index is 0.572. The Kier molecular flexibility index (Phi) is 1.71. The van der Waals surface area contributed by atoms with Crippen LogP contribution in [0, 0.1) is 0 Å². The lowest BCUT2D eigenvalue weighted by molar-refractivity contribution is -0.104. The monoisotopic (exact) mass is 136 g/mol. The molecular weight excluding hydrogens is 128 g/mol. The summed E-state index contributed by atoms with van der Waals surface area (Å²) in [6.45, 7) is 1.83. The summed E-state index contributed by atoms with van der Waals surface area (Å²) in [6.07, 6.45) is 5.19. The summed E-state index contributed by atoms with van der Waals surface area (Å²) in [6, 6.07) is 0. The molecule has 0 amide bonds. The lowest BCUT2D eigenvalue weighted by atomic mass is 10.1. The fourth-order valence-corrected chi connectivity index (χ4v) is 0.896. The smallest absolute Gasteiger partial charge is 0.151 e. The first-order chi connectivity index (χ1) is 4.79. The average molecular weight is 136 g/mol. The topological polar surface area (TPSA) is 37.3 Å². The lowest BCUT2D eigenvalue weighted by Gasteiger charge is -1.92. The van der Waals surface area contributed by atoms with Crippen molar-refractivity contribution in [2.45, 2.75) is 6.92 Å². The lowest BCUT2D eigenvalue weighted by Crippen LogP contribution is -1.85. The molecule has 0 heterocycles. The number of aliphatic hydroxyl groups excluding tert-OH is 1. The molecule has 0 saturated heterocycles. The number of carbonyl (C=O) groups is 1. The Morgan fingerprint density at radius 2 is 2.20 bits per heavy atom. The molecule has 10 heavy (non-hydrogen) atoms. The molecule has 0 aliphatic heterocycles. The Balaban J connectivity index is 3.08. The molecule has 0 saturated carbocycles. The van der Waals surface area contributed by atoms with Gasteiger partial charge in [-0.05, 0) is 12.5 Å². The fourth-order valence-electron chi connectivity index (χ4n) is 0.896. The minimum Gasteiger partial charge on any atom is -0.515 e. The van der Waals surface area contributed by atoms with Crippen LogP contribution in [0.4, 0.5) is 0 Å². The van der Waals surface area contributed by atoms with E-state index in [1.54, 1.807) is 12.2 Å². The molecule has 0 unspecified atom stereocenters. The quantitative estimate of drug-likeness (QED) is 0.438. The summed E-state index contributed by atoms with van der Waals surface area (Å²) in [5.74, 6) is 0. The normalized spacial score (nSPS) is 20.7. The summed E-state index contributed by atoms with van der Waals surface area (Å²) in [5, 5.41) is 8.58. The van der Waals surface area contributed by atoms with Crippen LogP contribution in [-0.2, 0) is 4.79 Å². The van der Waals surface area contributed by atoms with Crippen molar-refractivity contribution in [3.05, 3.63) is 35.1 Å². The van der Waals surface area contributed by atoms with Crippen molar-refractivity contribution in [1.29, 1.82) is 0 Å². The van der Waals surface area contributed by atoms with E-state index in [0.29, 0.717) is 11.1 Å². The van der Waals surface area contributed by atoms with E-state index in [1.807, 2.05) is 6.92 Å². The number of carbonyl (C=O) groups excluding carboxylic acids is 1. The standard InChI is InChI=1S/C8H8O2/c1-6-2-3-7(4-9)8(6)5-10/h2-5,9H,1H3/b7-4-. The van der Waals surface area contributed by atoms with Crippen LogP contribution in [0.1, 0.15) is 6.92 Å². The van der Waals surface area contributed by atoms with Gasteiger partial charge in [-0.3, -0.25) is 4.79 Å². The predicted molar refractivity (Wildman–Crippen MR) is 38.6 cm³/mol. The van der Waals surface area contributed by atoms with Crippen LogP contribution in [0.5, 0.6) is 0 Å². The molecule has 0 aromatic rings. The van der Waals surface area contributed by atoms with Crippen LogP contribution < -0.4 is 0 Å². The van der Waals surface area contributed by atoms with Crippen LogP contribution in [0.3, 0.4) is 0 Å². The maximum Gasteiger partial charge on any atom is 0.151 e. The average Bonchev–Trinajstić information content (AvgIpc) is 2.30. The van der Waals surface area contributed by atoms with Gasteiger partial charge in [0.25, 0.3) is 0 Å². The van der Waals surface area contributed by atoms with E-state index in [1.165, 1.54) is 0 Å². The van der Waals surface area contributed by atoms with Crippen molar-refractivity contribution in [2.75, 3.05) is 0 Å². The van der Waals surface area contributed by atoms with Crippen molar-refractivity contribution in [3.8, 4) is 0 Å². The summed E-state index contributed by atoms with van der Waals surface area (Å²) in [4.78, 5) is 10.3. The fraction of sp³-hybridized carbons (Fsp3) is 0.125. The first kappa shape index (κ1) is 6.81. The van der Waals surface area contributed by atoms with Crippen LogP contribution in [0.2, 0.25) is 0 Å². The molecule has 0 aromatic heterocycles. The van der Waals surface area contributed by atoms with E-state index in [4.69, 9.17) is 5.11 Å². The van der Waals surface area contributed by atoms with Crippen LogP contribution in [0.15, 0.2) is 35.1 Å². The largest absolute Gasteiger partial charge is 0.515 e. The summed E-state index contributed by atoms with van der Waals surface area (Å²) in [7, 11) is 0. The van der Waals surface area contributed by atoms with Gasteiger partial charge in [-0.1, -0.05) is 12.2 Å². The van der Waals surface area contributed by atoms with E-state index in [2.05, 4.69) is 0 Å². The highest BCUT2D eigenvalue weighted by atomic mass is 16.2. The third-order valence-corrected chi connectivity index (χ3v) is 1.51. The SMILES string of the molecule is CC1=C(C=O)/C(=C\O)C=C1. The third kappa shape index (κ3) is 0.880. The molecule has 52 valence electrons.